The zero-order valence-electron chi connectivity index (χ0n) is 6.56. The van der Waals surface area contributed by atoms with E-state index in [1.807, 2.05) is 0 Å². The van der Waals surface area contributed by atoms with Crippen LogP contribution in [0.25, 0.3) is 0 Å². The van der Waals surface area contributed by atoms with Gasteiger partial charge in [-0.25, -0.2) is 0 Å². The maximum atomic E-state index is 12.2. The van der Waals surface area contributed by atoms with Crippen LogP contribution in [0.2, 0.25) is 0 Å². The highest BCUT2D eigenvalue weighted by molar-refractivity contribution is 4.98. The monoisotopic (exact) mass is 183 g/mol. The topological polar surface area (TPSA) is 46.2 Å². The van der Waals surface area contributed by atoms with Crippen LogP contribution in [0.15, 0.2) is 0 Å². The second kappa shape index (κ2) is 2.88. The van der Waals surface area contributed by atoms with Crippen LogP contribution in [0.4, 0.5) is 13.2 Å². The molecular formula is C7H12F3NO. The predicted molar refractivity (Wildman–Crippen MR) is 37.4 cm³/mol. The van der Waals surface area contributed by atoms with Crippen molar-refractivity contribution >= 4 is 0 Å². The third kappa shape index (κ3) is 1.43. The molecule has 1 saturated carbocycles. The average Bonchev–Trinajstić information content (AvgIpc) is 1.93. The molecule has 0 aromatic carbocycles. The second-order valence-corrected chi connectivity index (χ2v) is 3.27. The Kier molecular flexibility index (Phi) is 2.35. The van der Waals surface area contributed by atoms with Gasteiger partial charge in [-0.15, -0.1) is 0 Å². The predicted octanol–water partition coefficient (Wildman–Crippen LogP) is 1.18. The van der Waals surface area contributed by atoms with E-state index in [1.54, 1.807) is 0 Å². The van der Waals surface area contributed by atoms with Gasteiger partial charge in [0.15, 0.2) is 5.60 Å². The van der Waals surface area contributed by atoms with Crippen LogP contribution in [0.5, 0.6) is 0 Å². The molecule has 12 heavy (non-hydrogen) atoms. The van der Waals surface area contributed by atoms with Crippen molar-refractivity contribution in [3.63, 3.8) is 0 Å². The lowest BCUT2D eigenvalue weighted by Crippen LogP contribution is -2.59. The lowest BCUT2D eigenvalue weighted by atomic mass is 9.80. The van der Waals surface area contributed by atoms with E-state index in [9.17, 15) is 18.3 Å². The van der Waals surface area contributed by atoms with Crippen molar-refractivity contribution in [1.29, 1.82) is 0 Å². The number of aliphatic hydroxyl groups is 1. The zero-order valence-corrected chi connectivity index (χ0v) is 6.56. The highest BCUT2D eigenvalue weighted by atomic mass is 19.4. The van der Waals surface area contributed by atoms with Gasteiger partial charge in [0.25, 0.3) is 0 Å². The van der Waals surface area contributed by atoms with E-state index in [0.717, 1.165) is 0 Å². The summed E-state index contributed by atoms with van der Waals surface area (Å²) >= 11 is 0. The van der Waals surface area contributed by atoms with Crippen molar-refractivity contribution in [2.45, 2.75) is 43.5 Å². The van der Waals surface area contributed by atoms with Gasteiger partial charge in [-0.05, 0) is 12.8 Å². The summed E-state index contributed by atoms with van der Waals surface area (Å²) in [5, 5.41) is 9.23. The number of rotatable bonds is 0. The van der Waals surface area contributed by atoms with E-state index in [1.165, 1.54) is 0 Å². The minimum absolute atomic E-state index is 0.246. The smallest absolute Gasteiger partial charge is 0.379 e. The molecule has 2 atom stereocenters. The maximum Gasteiger partial charge on any atom is 0.418 e. The summed E-state index contributed by atoms with van der Waals surface area (Å²) in [4.78, 5) is 0. The van der Waals surface area contributed by atoms with Gasteiger partial charge in [-0.2, -0.15) is 13.2 Å². The van der Waals surface area contributed by atoms with Gasteiger partial charge in [0.2, 0.25) is 0 Å². The Labute approximate surface area is 68.6 Å². The first kappa shape index (κ1) is 9.80. The Hall–Kier alpha value is -0.290. The summed E-state index contributed by atoms with van der Waals surface area (Å²) in [6.45, 7) is 0. The van der Waals surface area contributed by atoms with Crippen LogP contribution < -0.4 is 5.73 Å². The molecule has 1 rings (SSSR count). The third-order valence-corrected chi connectivity index (χ3v) is 2.43. The van der Waals surface area contributed by atoms with Crippen molar-refractivity contribution in [3.05, 3.63) is 0 Å². The van der Waals surface area contributed by atoms with Crippen molar-refractivity contribution < 1.29 is 18.3 Å². The maximum absolute atomic E-state index is 12.2. The molecule has 0 amide bonds. The van der Waals surface area contributed by atoms with Gasteiger partial charge in [0.05, 0.1) is 0 Å². The van der Waals surface area contributed by atoms with Gasteiger partial charge in [0.1, 0.15) is 0 Å². The Balaban J connectivity index is 2.79. The molecule has 0 bridgehead atoms. The molecule has 0 aromatic heterocycles. The number of halogens is 3. The molecule has 0 unspecified atom stereocenters. The van der Waals surface area contributed by atoms with E-state index < -0.39 is 17.8 Å². The molecule has 0 radical (unpaired) electrons. The Bertz CT molecular complexity index is 171. The summed E-state index contributed by atoms with van der Waals surface area (Å²) in [6, 6.07) is -1.16. The van der Waals surface area contributed by atoms with Crippen LogP contribution in [0.1, 0.15) is 25.7 Å². The van der Waals surface area contributed by atoms with Crippen LogP contribution >= 0.6 is 0 Å². The van der Waals surface area contributed by atoms with Gasteiger partial charge < -0.3 is 10.8 Å². The van der Waals surface area contributed by atoms with Crippen molar-refractivity contribution in [3.8, 4) is 0 Å². The lowest BCUT2D eigenvalue weighted by molar-refractivity contribution is -0.275. The SMILES string of the molecule is N[C@H]1CCCC[C@]1(O)C(F)(F)F. The molecule has 5 heteroatoms. The number of alkyl halides is 3. The van der Waals surface area contributed by atoms with Gasteiger partial charge in [-0.3, -0.25) is 0 Å². The van der Waals surface area contributed by atoms with E-state index in [-0.39, 0.29) is 12.8 Å². The van der Waals surface area contributed by atoms with Crippen LogP contribution in [-0.4, -0.2) is 22.9 Å². The first-order chi connectivity index (χ1) is 5.38. The van der Waals surface area contributed by atoms with Crippen molar-refractivity contribution in [2.24, 2.45) is 5.73 Å². The summed E-state index contributed by atoms with van der Waals surface area (Å²) < 4.78 is 36.7. The van der Waals surface area contributed by atoms with Gasteiger partial charge in [0, 0.05) is 6.04 Å². The van der Waals surface area contributed by atoms with Crippen LogP contribution in [0, 0.1) is 0 Å². The second-order valence-electron chi connectivity index (χ2n) is 3.27. The zero-order chi connectivity index (χ0) is 9.41. The Morgan fingerprint density at radius 1 is 1.33 bits per heavy atom. The van der Waals surface area contributed by atoms with E-state index in [4.69, 9.17) is 5.73 Å². The molecule has 3 N–H and O–H groups in total. The molecule has 1 aliphatic carbocycles. The summed E-state index contributed by atoms with van der Waals surface area (Å²) in [5.41, 5.74) is 2.58. The van der Waals surface area contributed by atoms with Crippen LogP contribution in [0.3, 0.4) is 0 Å². The highest BCUT2D eigenvalue weighted by Gasteiger charge is 2.57. The molecule has 1 fully saturated rings. The van der Waals surface area contributed by atoms with Gasteiger partial charge in [-0.1, -0.05) is 12.8 Å². The van der Waals surface area contributed by atoms with E-state index in [2.05, 4.69) is 0 Å². The molecule has 0 aromatic rings. The quantitative estimate of drug-likeness (QED) is 0.592. The summed E-state index contributed by atoms with van der Waals surface area (Å²) in [5.74, 6) is 0. The fourth-order valence-electron chi connectivity index (χ4n) is 1.53. The van der Waals surface area contributed by atoms with E-state index >= 15 is 0 Å². The Morgan fingerprint density at radius 2 is 1.92 bits per heavy atom. The molecule has 72 valence electrons. The summed E-state index contributed by atoms with van der Waals surface area (Å²) in [6.07, 6.45) is -3.55. The molecule has 0 spiro atoms. The lowest BCUT2D eigenvalue weighted by Gasteiger charge is -2.38. The number of nitrogens with two attached hydrogens (primary N) is 1. The first-order valence-electron chi connectivity index (χ1n) is 3.92. The van der Waals surface area contributed by atoms with Gasteiger partial charge >= 0.3 is 6.18 Å². The number of hydrogen-bond acceptors (Lipinski definition) is 2. The third-order valence-electron chi connectivity index (χ3n) is 2.43. The normalized spacial score (nSPS) is 38.2. The Morgan fingerprint density at radius 3 is 2.25 bits per heavy atom. The molecule has 0 aliphatic heterocycles. The molecule has 1 aliphatic rings. The summed E-state index contributed by atoms with van der Waals surface area (Å²) in [7, 11) is 0. The minimum Gasteiger partial charge on any atom is -0.379 e. The fourth-order valence-corrected chi connectivity index (χ4v) is 1.53. The average molecular weight is 183 g/mol. The van der Waals surface area contributed by atoms with Crippen molar-refractivity contribution in [1.82, 2.24) is 0 Å². The van der Waals surface area contributed by atoms with E-state index in [0.29, 0.717) is 12.8 Å². The fraction of sp³-hybridized carbons (Fsp3) is 1.00. The molecular weight excluding hydrogens is 171 g/mol. The molecule has 2 nitrogen and oxygen atoms in total. The highest BCUT2D eigenvalue weighted by Crippen LogP contribution is 2.40. The molecule has 0 saturated heterocycles. The first-order valence-corrected chi connectivity index (χ1v) is 3.92. The largest absolute Gasteiger partial charge is 0.418 e. The van der Waals surface area contributed by atoms with Crippen molar-refractivity contribution in [2.75, 3.05) is 0 Å². The number of hydrogen-bond donors (Lipinski definition) is 2. The molecule has 0 heterocycles. The standard InChI is InChI=1S/C7H12F3NO/c8-7(9,10)6(12)4-2-1-3-5(6)11/h5,12H,1-4,11H2/t5-,6+/m0/s1. The minimum atomic E-state index is -4.59. The van der Waals surface area contributed by atoms with Crippen LogP contribution in [-0.2, 0) is 0 Å².